The van der Waals surface area contributed by atoms with Crippen LogP contribution in [0.5, 0.6) is 5.75 Å². The van der Waals surface area contributed by atoms with Crippen molar-refractivity contribution in [1.29, 1.82) is 0 Å². The maximum absolute atomic E-state index is 12.8. The largest absolute Gasteiger partial charge is 0.467 e. The van der Waals surface area contributed by atoms with Crippen LogP contribution < -0.4 is 15.2 Å². The number of ether oxygens (including phenoxy) is 5. The summed E-state index contributed by atoms with van der Waals surface area (Å²) in [4.78, 5) is 12.5. The first-order chi connectivity index (χ1) is 17.7. The van der Waals surface area contributed by atoms with Gasteiger partial charge in [0, 0.05) is 7.11 Å². The summed E-state index contributed by atoms with van der Waals surface area (Å²) in [6.07, 6.45) is 2.46. The Morgan fingerprint density at radius 3 is 2.84 bits per heavy atom. The molecular weight excluding hydrogens is 504 g/mol. The van der Waals surface area contributed by atoms with Gasteiger partial charge in [0.25, 0.3) is 0 Å². The molecule has 4 heterocycles. The highest BCUT2D eigenvalue weighted by atomic mass is 32.2. The Labute approximate surface area is 213 Å². The third-order valence-corrected chi connectivity index (χ3v) is 7.15. The molecule has 2 fully saturated rings. The van der Waals surface area contributed by atoms with Crippen molar-refractivity contribution in [3.05, 3.63) is 54.4 Å². The SMILES string of the molecule is COCOc1ccccc1CCS(=O)(=O)NC=C1O[C@@H](n2cnc3c(N)ncnc32)[C@@H]2OC(C)(C)O[C@H]12. The van der Waals surface area contributed by atoms with Gasteiger partial charge in [-0.15, -0.1) is 0 Å². The lowest BCUT2D eigenvalue weighted by Gasteiger charge is -2.23. The standard InChI is InChI=1S/C23H28N6O7S/c1-23(2)35-18-16(10-28-37(30,31)9-8-14-6-4-5-7-15(14)33-13-32-3)34-22(19(18)36-23)29-12-27-17-20(24)25-11-26-21(17)29/h4-7,10-12,18-19,22,28H,8-9,13H2,1-3H3,(H2,24,25,26)/t18-,19-,22-/m1/s1. The van der Waals surface area contributed by atoms with Crippen molar-refractivity contribution >= 4 is 27.0 Å². The Hall–Kier alpha value is -3.46. The average molecular weight is 533 g/mol. The van der Waals surface area contributed by atoms with Crippen LogP contribution in [0.25, 0.3) is 11.2 Å². The van der Waals surface area contributed by atoms with Gasteiger partial charge in [-0.25, -0.2) is 23.4 Å². The lowest BCUT2D eigenvalue weighted by molar-refractivity contribution is -0.173. The molecule has 5 rings (SSSR count). The quantitative estimate of drug-likeness (QED) is 0.384. The van der Waals surface area contributed by atoms with Crippen LogP contribution in [-0.2, 0) is 35.4 Å². The molecule has 2 aromatic heterocycles. The number of imidazole rings is 1. The molecule has 14 heteroatoms. The van der Waals surface area contributed by atoms with Crippen molar-refractivity contribution in [3.63, 3.8) is 0 Å². The molecule has 0 radical (unpaired) electrons. The summed E-state index contributed by atoms with van der Waals surface area (Å²) in [7, 11) is -2.20. The van der Waals surface area contributed by atoms with Gasteiger partial charge in [-0.05, 0) is 31.9 Å². The van der Waals surface area contributed by atoms with Crippen molar-refractivity contribution in [3.8, 4) is 5.75 Å². The summed E-state index contributed by atoms with van der Waals surface area (Å²) >= 11 is 0. The van der Waals surface area contributed by atoms with E-state index in [0.29, 0.717) is 16.9 Å². The van der Waals surface area contributed by atoms with E-state index in [1.54, 1.807) is 24.5 Å². The first kappa shape index (κ1) is 25.2. The molecular formula is C23H28N6O7S. The van der Waals surface area contributed by atoms with Gasteiger partial charge in [0.2, 0.25) is 16.3 Å². The van der Waals surface area contributed by atoms with E-state index in [9.17, 15) is 8.42 Å². The number of hydrogen-bond acceptors (Lipinski definition) is 11. The molecule has 198 valence electrons. The predicted octanol–water partition coefficient (Wildman–Crippen LogP) is 1.44. The predicted molar refractivity (Wildman–Crippen MR) is 131 cm³/mol. The van der Waals surface area contributed by atoms with Crippen LogP contribution in [0.4, 0.5) is 5.82 Å². The minimum Gasteiger partial charge on any atom is -0.467 e. The number of rotatable bonds is 9. The number of nitrogens with two attached hydrogens (primary N) is 1. The third kappa shape index (κ3) is 5.18. The van der Waals surface area contributed by atoms with Gasteiger partial charge >= 0.3 is 0 Å². The van der Waals surface area contributed by atoms with Crippen molar-refractivity contribution in [1.82, 2.24) is 24.2 Å². The van der Waals surface area contributed by atoms with Gasteiger partial charge in [0.05, 0.1) is 12.0 Å². The maximum atomic E-state index is 12.8. The van der Waals surface area contributed by atoms with Crippen LogP contribution in [0.3, 0.4) is 0 Å². The number of methoxy groups -OCH3 is 1. The second kappa shape index (κ2) is 9.78. The highest BCUT2D eigenvalue weighted by Gasteiger charge is 2.54. The van der Waals surface area contributed by atoms with Crippen LogP contribution in [0.1, 0.15) is 25.6 Å². The Balaban J connectivity index is 1.34. The zero-order valence-corrected chi connectivity index (χ0v) is 21.3. The lowest BCUT2D eigenvalue weighted by Crippen LogP contribution is -2.27. The van der Waals surface area contributed by atoms with Gasteiger partial charge in [-0.1, -0.05) is 18.2 Å². The molecule has 37 heavy (non-hydrogen) atoms. The van der Waals surface area contributed by atoms with Crippen LogP contribution in [0, 0.1) is 0 Å². The number of para-hydroxylation sites is 1. The van der Waals surface area contributed by atoms with Gasteiger partial charge < -0.3 is 29.4 Å². The summed E-state index contributed by atoms with van der Waals surface area (Å²) in [5.74, 6) is -0.00589. The Kier molecular flexibility index (Phi) is 6.66. The number of benzene rings is 1. The summed E-state index contributed by atoms with van der Waals surface area (Å²) in [5, 5.41) is 0. The van der Waals surface area contributed by atoms with Crippen molar-refractivity contribution in [2.75, 3.05) is 25.4 Å². The van der Waals surface area contributed by atoms with Crippen LogP contribution in [0.2, 0.25) is 0 Å². The number of hydrogen-bond donors (Lipinski definition) is 2. The summed E-state index contributed by atoms with van der Waals surface area (Å²) in [6.45, 7) is 3.62. The van der Waals surface area contributed by atoms with Gasteiger partial charge in [0.1, 0.15) is 29.7 Å². The second-order valence-electron chi connectivity index (χ2n) is 9.00. The number of sulfonamides is 1. The molecule has 3 N–H and O–H groups in total. The molecule has 1 aromatic carbocycles. The molecule has 2 aliphatic rings. The molecule has 2 saturated heterocycles. The van der Waals surface area contributed by atoms with E-state index in [1.807, 2.05) is 18.2 Å². The van der Waals surface area contributed by atoms with E-state index in [0.717, 1.165) is 5.56 Å². The number of fused-ring (bicyclic) bond motifs is 2. The highest BCUT2D eigenvalue weighted by molar-refractivity contribution is 7.89. The van der Waals surface area contributed by atoms with Gasteiger partial charge in [-0.2, -0.15) is 0 Å². The number of nitrogens with one attached hydrogen (secondary N) is 1. The van der Waals surface area contributed by atoms with E-state index in [4.69, 9.17) is 29.4 Å². The van der Waals surface area contributed by atoms with Crippen LogP contribution in [-0.4, -0.2) is 65.6 Å². The highest BCUT2D eigenvalue weighted by Crippen LogP contribution is 2.45. The molecule has 0 saturated carbocycles. The fourth-order valence-corrected chi connectivity index (χ4v) is 5.21. The van der Waals surface area contributed by atoms with E-state index < -0.39 is 34.2 Å². The summed E-state index contributed by atoms with van der Waals surface area (Å²) < 4.78 is 58.5. The first-order valence-corrected chi connectivity index (χ1v) is 13.2. The van der Waals surface area contributed by atoms with Gasteiger partial charge in [-0.3, -0.25) is 9.29 Å². The zero-order chi connectivity index (χ0) is 26.2. The topological polar surface area (TPSA) is 162 Å². The number of nitrogen functional groups attached to an aromatic ring is 1. The Morgan fingerprint density at radius 2 is 2.03 bits per heavy atom. The van der Waals surface area contributed by atoms with Gasteiger partial charge in [0.15, 0.2) is 36.3 Å². The van der Waals surface area contributed by atoms with Crippen molar-refractivity contribution < 1.29 is 32.1 Å². The van der Waals surface area contributed by atoms with E-state index in [2.05, 4.69) is 19.7 Å². The number of nitrogens with zero attached hydrogens (tertiary/aromatic N) is 4. The van der Waals surface area contributed by atoms with Crippen molar-refractivity contribution in [2.24, 2.45) is 0 Å². The molecule has 3 aromatic rings. The minimum atomic E-state index is -3.72. The fourth-order valence-electron chi connectivity index (χ4n) is 4.30. The van der Waals surface area contributed by atoms with Crippen molar-refractivity contribution in [2.45, 2.75) is 44.5 Å². The minimum absolute atomic E-state index is 0.0679. The first-order valence-electron chi connectivity index (χ1n) is 11.5. The molecule has 0 amide bonds. The van der Waals surface area contributed by atoms with E-state index in [-0.39, 0.29) is 30.5 Å². The molecule has 0 spiro atoms. The normalized spacial score (nSPS) is 23.8. The van der Waals surface area contributed by atoms with Crippen LogP contribution >= 0.6 is 0 Å². The molecule has 3 atom stereocenters. The molecule has 0 unspecified atom stereocenters. The Bertz CT molecular complexity index is 1420. The summed E-state index contributed by atoms with van der Waals surface area (Å²) in [6, 6.07) is 7.21. The number of anilines is 1. The fraction of sp³-hybridized carbons (Fsp3) is 0.435. The lowest BCUT2D eigenvalue weighted by atomic mass is 10.1. The molecule has 0 aliphatic carbocycles. The third-order valence-electron chi connectivity index (χ3n) is 5.93. The molecule has 2 aliphatic heterocycles. The molecule has 0 bridgehead atoms. The zero-order valence-electron chi connectivity index (χ0n) is 20.5. The average Bonchev–Trinajstić information content (AvgIpc) is 3.52. The number of aryl methyl sites for hydroxylation is 1. The monoisotopic (exact) mass is 532 g/mol. The summed E-state index contributed by atoms with van der Waals surface area (Å²) in [5.41, 5.74) is 7.55. The Morgan fingerprint density at radius 1 is 1.22 bits per heavy atom. The number of aromatic nitrogens is 4. The van der Waals surface area contributed by atoms with Crippen LogP contribution in [0.15, 0.2) is 48.9 Å². The second-order valence-corrected chi connectivity index (χ2v) is 10.9. The van der Waals surface area contributed by atoms with E-state index in [1.165, 1.54) is 26.0 Å². The van der Waals surface area contributed by atoms with E-state index >= 15 is 0 Å². The molecule has 13 nitrogen and oxygen atoms in total. The maximum Gasteiger partial charge on any atom is 0.232 e. The smallest absolute Gasteiger partial charge is 0.232 e.